The van der Waals surface area contributed by atoms with Gasteiger partial charge in [-0.1, -0.05) is 0 Å². The molecule has 8 nitrogen and oxygen atoms in total. The van der Waals surface area contributed by atoms with Crippen molar-refractivity contribution in [3.63, 3.8) is 0 Å². The molecule has 0 aromatic heterocycles. The number of rotatable bonds is 8. The number of hydrogen-bond donors (Lipinski definition) is 2. The van der Waals surface area contributed by atoms with E-state index in [2.05, 4.69) is 5.32 Å². The van der Waals surface area contributed by atoms with Gasteiger partial charge in [-0.15, -0.1) is 0 Å². The summed E-state index contributed by atoms with van der Waals surface area (Å²) < 4.78 is 4.96. The van der Waals surface area contributed by atoms with Crippen LogP contribution in [0.3, 0.4) is 0 Å². The highest BCUT2D eigenvalue weighted by molar-refractivity contribution is 6.16. The molecule has 2 N–H and O–H groups in total. The van der Waals surface area contributed by atoms with Gasteiger partial charge in [0, 0.05) is 31.2 Å². The van der Waals surface area contributed by atoms with Crippen LogP contribution in [0.25, 0.3) is 0 Å². The molecule has 21 heavy (non-hydrogen) atoms. The Morgan fingerprint density at radius 3 is 2.57 bits per heavy atom. The Morgan fingerprint density at radius 1 is 1.43 bits per heavy atom. The van der Waals surface area contributed by atoms with E-state index < -0.39 is 29.7 Å². The molecule has 0 bridgehead atoms. The largest absolute Gasteiger partial charge is 0.480 e. The first-order valence-electron chi connectivity index (χ1n) is 6.50. The highest BCUT2D eigenvalue weighted by Gasteiger charge is 2.29. The van der Waals surface area contributed by atoms with Crippen molar-refractivity contribution in [2.45, 2.75) is 26.3 Å². The lowest BCUT2D eigenvalue weighted by molar-refractivity contribution is -0.144. The molecule has 116 valence electrons. The second-order valence-corrected chi connectivity index (χ2v) is 4.49. The summed E-state index contributed by atoms with van der Waals surface area (Å²) in [4.78, 5) is 46.6. The fourth-order valence-corrected chi connectivity index (χ4v) is 1.74. The second-order valence-electron chi connectivity index (χ2n) is 4.49. The lowest BCUT2D eigenvalue weighted by atomic mass is 10.2. The predicted octanol–water partition coefficient (Wildman–Crippen LogP) is -0.702. The zero-order chi connectivity index (χ0) is 16.0. The molecule has 1 aliphatic rings. The van der Waals surface area contributed by atoms with Crippen LogP contribution in [0, 0.1) is 0 Å². The van der Waals surface area contributed by atoms with Crippen molar-refractivity contribution in [2.24, 2.45) is 0 Å². The molecule has 0 spiro atoms. The first kappa shape index (κ1) is 16.8. The number of ether oxygens (including phenoxy) is 1. The Hall–Kier alpha value is -2.22. The minimum atomic E-state index is -1.21. The van der Waals surface area contributed by atoms with E-state index in [4.69, 9.17) is 9.84 Å². The highest BCUT2D eigenvalue weighted by atomic mass is 16.5. The van der Waals surface area contributed by atoms with E-state index in [1.54, 1.807) is 6.92 Å². The van der Waals surface area contributed by atoms with Crippen molar-refractivity contribution in [2.75, 3.05) is 19.8 Å². The minimum absolute atomic E-state index is 0.0850. The number of nitrogens with zero attached hydrogens (tertiary/aromatic N) is 1. The fraction of sp³-hybridized carbons (Fsp3) is 0.538. The van der Waals surface area contributed by atoms with E-state index in [0.717, 1.165) is 4.90 Å². The van der Waals surface area contributed by atoms with Crippen molar-refractivity contribution in [3.8, 4) is 0 Å². The molecule has 3 amide bonds. The van der Waals surface area contributed by atoms with E-state index in [-0.39, 0.29) is 19.6 Å². The van der Waals surface area contributed by atoms with Gasteiger partial charge in [0.25, 0.3) is 11.8 Å². The van der Waals surface area contributed by atoms with Gasteiger partial charge in [-0.25, -0.2) is 4.79 Å². The lowest BCUT2D eigenvalue weighted by Gasteiger charge is -2.17. The first-order chi connectivity index (χ1) is 9.86. The zero-order valence-corrected chi connectivity index (χ0v) is 11.9. The molecule has 8 heteroatoms. The van der Waals surface area contributed by atoms with Gasteiger partial charge in [0.2, 0.25) is 5.91 Å². The molecule has 0 aromatic rings. The molecule has 0 fully saturated rings. The number of amides is 3. The van der Waals surface area contributed by atoms with Gasteiger partial charge in [0.05, 0.1) is 6.61 Å². The Bertz CT molecular complexity index is 485. The van der Waals surface area contributed by atoms with E-state index >= 15 is 0 Å². The topological polar surface area (TPSA) is 113 Å². The third-order valence-corrected chi connectivity index (χ3v) is 2.87. The van der Waals surface area contributed by atoms with Crippen molar-refractivity contribution >= 4 is 23.7 Å². The SMILES string of the molecule is CCOCC(NC(=O)CCN1C(=O)C=C(C)C1=O)C(=O)O. The van der Waals surface area contributed by atoms with Crippen LogP contribution in [0.2, 0.25) is 0 Å². The number of carboxylic acids is 1. The quantitative estimate of drug-likeness (QED) is 0.573. The molecule has 0 aliphatic carbocycles. The van der Waals surface area contributed by atoms with Gasteiger partial charge >= 0.3 is 5.97 Å². The number of hydrogen-bond acceptors (Lipinski definition) is 5. The molecule has 0 saturated heterocycles. The smallest absolute Gasteiger partial charge is 0.328 e. The first-order valence-corrected chi connectivity index (χ1v) is 6.50. The Morgan fingerprint density at radius 2 is 2.10 bits per heavy atom. The van der Waals surface area contributed by atoms with Gasteiger partial charge in [0.15, 0.2) is 6.04 Å². The maximum absolute atomic E-state index is 11.7. The monoisotopic (exact) mass is 298 g/mol. The summed E-state index contributed by atoms with van der Waals surface area (Å²) >= 11 is 0. The molecule has 0 saturated carbocycles. The minimum Gasteiger partial charge on any atom is -0.480 e. The molecule has 1 heterocycles. The number of carbonyl (C=O) groups excluding carboxylic acids is 3. The summed E-state index contributed by atoms with van der Waals surface area (Å²) in [5, 5.41) is 11.2. The maximum Gasteiger partial charge on any atom is 0.328 e. The van der Waals surface area contributed by atoms with Crippen molar-refractivity contribution in [1.29, 1.82) is 0 Å². The van der Waals surface area contributed by atoms with Gasteiger partial charge in [-0.3, -0.25) is 19.3 Å². The number of imide groups is 1. The van der Waals surface area contributed by atoms with Crippen LogP contribution in [0.5, 0.6) is 0 Å². The summed E-state index contributed by atoms with van der Waals surface area (Å²) in [6.07, 6.45) is 1.05. The van der Waals surface area contributed by atoms with Gasteiger partial charge in [0.1, 0.15) is 0 Å². The third-order valence-electron chi connectivity index (χ3n) is 2.87. The number of nitrogens with one attached hydrogen (secondary N) is 1. The van der Waals surface area contributed by atoms with Crippen molar-refractivity contribution in [3.05, 3.63) is 11.6 Å². The Kier molecular flexibility index (Phi) is 6.04. The molecule has 1 aliphatic heterocycles. The third kappa shape index (κ3) is 4.67. The summed E-state index contributed by atoms with van der Waals surface area (Å²) in [6, 6.07) is -1.15. The molecule has 1 unspecified atom stereocenters. The summed E-state index contributed by atoms with van der Waals surface area (Å²) in [6.45, 7) is 3.34. The Labute approximate surface area is 121 Å². The predicted molar refractivity (Wildman–Crippen MR) is 71.2 cm³/mol. The van der Waals surface area contributed by atoms with Gasteiger partial charge in [-0.2, -0.15) is 0 Å². The van der Waals surface area contributed by atoms with Crippen molar-refractivity contribution in [1.82, 2.24) is 10.2 Å². The fourth-order valence-electron chi connectivity index (χ4n) is 1.74. The maximum atomic E-state index is 11.7. The van der Waals surface area contributed by atoms with Crippen LogP contribution < -0.4 is 5.32 Å². The van der Waals surface area contributed by atoms with Crippen LogP contribution in [0.1, 0.15) is 20.3 Å². The van der Waals surface area contributed by atoms with Gasteiger partial charge in [-0.05, 0) is 13.8 Å². The molecular formula is C13H18N2O6. The molecular weight excluding hydrogens is 280 g/mol. The summed E-state index contributed by atoms with van der Waals surface area (Å²) in [5.41, 5.74) is 0.320. The van der Waals surface area contributed by atoms with E-state index in [1.807, 2.05) is 0 Å². The number of carboxylic acid groups (broad SMARTS) is 1. The molecule has 1 rings (SSSR count). The second kappa shape index (κ2) is 7.53. The van der Waals surface area contributed by atoms with E-state index in [0.29, 0.717) is 12.2 Å². The van der Waals surface area contributed by atoms with Crippen LogP contribution >= 0.6 is 0 Å². The zero-order valence-electron chi connectivity index (χ0n) is 11.9. The van der Waals surface area contributed by atoms with Crippen LogP contribution in [0.4, 0.5) is 0 Å². The van der Waals surface area contributed by atoms with Crippen LogP contribution in [-0.2, 0) is 23.9 Å². The van der Waals surface area contributed by atoms with Crippen LogP contribution in [-0.4, -0.2) is 59.5 Å². The number of aliphatic carboxylic acids is 1. The average Bonchev–Trinajstić information content (AvgIpc) is 2.66. The van der Waals surface area contributed by atoms with Gasteiger partial charge < -0.3 is 15.2 Å². The van der Waals surface area contributed by atoms with Crippen molar-refractivity contribution < 1.29 is 29.0 Å². The number of carbonyl (C=O) groups is 4. The molecule has 0 aromatic carbocycles. The molecule has 0 radical (unpaired) electrons. The molecule has 1 atom stereocenters. The Balaban J connectivity index is 2.45. The normalized spacial score (nSPS) is 15.9. The standard InChI is InChI=1S/C13H18N2O6/c1-3-21-7-9(13(19)20)14-10(16)4-5-15-11(17)6-8(2)12(15)18/h6,9H,3-5,7H2,1-2H3,(H,14,16)(H,19,20). The van der Waals surface area contributed by atoms with E-state index in [1.165, 1.54) is 13.0 Å². The highest BCUT2D eigenvalue weighted by Crippen LogP contribution is 2.11. The summed E-state index contributed by atoms with van der Waals surface area (Å²) in [7, 11) is 0. The van der Waals surface area contributed by atoms with E-state index in [9.17, 15) is 19.2 Å². The summed E-state index contributed by atoms with van der Waals surface area (Å²) in [5.74, 6) is -2.67. The lowest BCUT2D eigenvalue weighted by Crippen LogP contribution is -2.45. The van der Waals surface area contributed by atoms with Crippen LogP contribution in [0.15, 0.2) is 11.6 Å². The average molecular weight is 298 g/mol.